The number of nitrogens with zero attached hydrogens (tertiary/aromatic N) is 1. The normalized spacial score (nSPS) is 15.1. The van der Waals surface area contributed by atoms with E-state index in [2.05, 4.69) is 0 Å². The number of methoxy groups -OCH3 is 1. The van der Waals surface area contributed by atoms with Gasteiger partial charge < -0.3 is 14.7 Å². The minimum Gasteiger partial charge on any atom is -0.497 e. The lowest BCUT2D eigenvalue weighted by Gasteiger charge is -2.31. The number of aliphatic hydroxyl groups excluding tert-OH is 1. The zero-order valence-corrected chi connectivity index (χ0v) is 12.5. The summed E-state index contributed by atoms with van der Waals surface area (Å²) in [6.07, 6.45) is 0.698. The second kappa shape index (κ2) is 6.20. The molecule has 1 N–H and O–H groups in total. The fraction of sp³-hybridized carbons (Fsp3) is 0.278. The summed E-state index contributed by atoms with van der Waals surface area (Å²) in [6, 6.07) is 14.9. The first-order valence-electron chi connectivity index (χ1n) is 7.42. The third kappa shape index (κ3) is 2.70. The van der Waals surface area contributed by atoms with Crippen LogP contribution in [0.25, 0.3) is 0 Å². The molecule has 0 saturated heterocycles. The Kier molecular flexibility index (Phi) is 4.11. The number of aryl methyl sites for hydroxylation is 1. The van der Waals surface area contributed by atoms with Crippen molar-refractivity contribution in [2.45, 2.75) is 18.9 Å². The van der Waals surface area contributed by atoms with Crippen LogP contribution in [0, 0.1) is 0 Å². The molecular formula is C18H19NO3. The summed E-state index contributed by atoms with van der Waals surface area (Å²) in [5, 5.41) is 10.4. The summed E-state index contributed by atoms with van der Waals surface area (Å²) in [7, 11) is 1.56. The highest BCUT2D eigenvalue weighted by molar-refractivity contribution is 5.98. The molecule has 0 aromatic heterocycles. The molecule has 1 amide bonds. The van der Waals surface area contributed by atoms with Gasteiger partial charge >= 0.3 is 0 Å². The van der Waals surface area contributed by atoms with Gasteiger partial charge in [-0.3, -0.25) is 4.79 Å². The number of benzene rings is 2. The van der Waals surface area contributed by atoms with Crippen LogP contribution in [0.2, 0.25) is 0 Å². The van der Waals surface area contributed by atoms with Crippen LogP contribution < -0.4 is 9.64 Å². The van der Waals surface area contributed by atoms with Crippen LogP contribution in [-0.4, -0.2) is 24.7 Å². The molecule has 1 atom stereocenters. The number of amides is 1. The monoisotopic (exact) mass is 297 g/mol. The number of carbonyl (C=O) groups excluding carboxylic acids is 1. The molecule has 2 aromatic carbocycles. The SMILES string of the molecule is COc1cccc(C(O)C(=O)N2CCCc3ccccc32)c1. The van der Waals surface area contributed by atoms with Gasteiger partial charge in [-0.25, -0.2) is 0 Å². The number of hydrogen-bond acceptors (Lipinski definition) is 3. The first-order chi connectivity index (χ1) is 10.7. The van der Waals surface area contributed by atoms with E-state index in [1.54, 1.807) is 36.3 Å². The van der Waals surface area contributed by atoms with Crippen LogP contribution in [-0.2, 0) is 11.2 Å². The molecule has 3 rings (SSSR count). The van der Waals surface area contributed by atoms with Crippen molar-refractivity contribution in [2.24, 2.45) is 0 Å². The van der Waals surface area contributed by atoms with Crippen molar-refractivity contribution >= 4 is 11.6 Å². The van der Waals surface area contributed by atoms with Gasteiger partial charge in [-0.15, -0.1) is 0 Å². The number of hydrogen-bond donors (Lipinski definition) is 1. The van der Waals surface area contributed by atoms with Crippen LogP contribution in [0.1, 0.15) is 23.7 Å². The Balaban J connectivity index is 1.88. The van der Waals surface area contributed by atoms with Gasteiger partial charge in [0, 0.05) is 12.2 Å². The number of carbonyl (C=O) groups is 1. The molecule has 1 aliphatic heterocycles. The number of ether oxygens (including phenoxy) is 1. The molecule has 0 spiro atoms. The second-order valence-electron chi connectivity index (χ2n) is 5.40. The lowest BCUT2D eigenvalue weighted by atomic mass is 10.00. The fourth-order valence-corrected chi connectivity index (χ4v) is 2.86. The van der Waals surface area contributed by atoms with Crippen molar-refractivity contribution in [1.82, 2.24) is 0 Å². The molecular weight excluding hydrogens is 278 g/mol. The highest BCUT2D eigenvalue weighted by Crippen LogP contribution is 2.30. The minimum atomic E-state index is -1.18. The molecule has 1 heterocycles. The maximum atomic E-state index is 12.7. The quantitative estimate of drug-likeness (QED) is 0.947. The van der Waals surface area contributed by atoms with E-state index >= 15 is 0 Å². The topological polar surface area (TPSA) is 49.8 Å². The van der Waals surface area contributed by atoms with Gasteiger partial charge in [0.1, 0.15) is 5.75 Å². The number of aliphatic hydroxyl groups is 1. The summed E-state index contributed by atoms with van der Waals surface area (Å²) in [4.78, 5) is 14.4. The first kappa shape index (κ1) is 14.6. The molecule has 1 unspecified atom stereocenters. The van der Waals surface area contributed by atoms with Crippen LogP contribution in [0.3, 0.4) is 0 Å². The predicted molar refractivity (Wildman–Crippen MR) is 85.1 cm³/mol. The van der Waals surface area contributed by atoms with E-state index in [9.17, 15) is 9.90 Å². The summed E-state index contributed by atoms with van der Waals surface area (Å²) >= 11 is 0. The maximum absolute atomic E-state index is 12.7. The standard InChI is InChI=1S/C18H19NO3/c1-22-15-9-4-7-14(12-15)17(20)18(21)19-11-5-8-13-6-2-3-10-16(13)19/h2-4,6-7,9-10,12,17,20H,5,8,11H2,1H3. The Morgan fingerprint density at radius 2 is 2.05 bits per heavy atom. The summed E-state index contributed by atoms with van der Waals surface area (Å²) < 4.78 is 5.15. The number of fused-ring (bicyclic) bond motifs is 1. The predicted octanol–water partition coefficient (Wildman–Crippen LogP) is 2.71. The van der Waals surface area contributed by atoms with Crippen molar-refractivity contribution in [1.29, 1.82) is 0 Å². The number of anilines is 1. The molecule has 0 saturated carbocycles. The van der Waals surface area contributed by atoms with Crippen LogP contribution in [0.5, 0.6) is 5.75 Å². The highest BCUT2D eigenvalue weighted by atomic mass is 16.5. The largest absolute Gasteiger partial charge is 0.497 e. The Bertz CT molecular complexity index is 684. The maximum Gasteiger partial charge on any atom is 0.260 e. The summed E-state index contributed by atoms with van der Waals surface area (Å²) in [5.74, 6) is 0.337. The molecule has 0 bridgehead atoms. The molecule has 4 heteroatoms. The van der Waals surface area contributed by atoms with Crippen LogP contribution >= 0.6 is 0 Å². The third-order valence-electron chi connectivity index (χ3n) is 4.02. The van der Waals surface area contributed by atoms with E-state index in [4.69, 9.17) is 4.74 Å². The van der Waals surface area contributed by atoms with Crippen LogP contribution in [0.4, 0.5) is 5.69 Å². The van der Waals surface area contributed by atoms with Gasteiger partial charge in [0.25, 0.3) is 5.91 Å². The van der Waals surface area contributed by atoms with E-state index < -0.39 is 6.10 Å². The number of rotatable bonds is 3. The molecule has 1 aliphatic rings. The zero-order chi connectivity index (χ0) is 15.5. The summed E-state index contributed by atoms with van der Waals surface area (Å²) in [6.45, 7) is 0.636. The second-order valence-corrected chi connectivity index (χ2v) is 5.40. The van der Waals surface area contributed by atoms with Gasteiger partial charge in [-0.05, 0) is 42.2 Å². The molecule has 0 fully saturated rings. The molecule has 22 heavy (non-hydrogen) atoms. The van der Waals surface area contributed by atoms with Crippen molar-refractivity contribution in [3.63, 3.8) is 0 Å². The Morgan fingerprint density at radius 1 is 1.23 bits per heavy atom. The first-order valence-corrected chi connectivity index (χ1v) is 7.42. The van der Waals surface area contributed by atoms with Gasteiger partial charge in [0.2, 0.25) is 0 Å². The van der Waals surface area contributed by atoms with Crippen LogP contribution in [0.15, 0.2) is 48.5 Å². The minimum absolute atomic E-state index is 0.291. The average molecular weight is 297 g/mol. The van der Waals surface area contributed by atoms with Crippen molar-refractivity contribution < 1.29 is 14.6 Å². The molecule has 0 aliphatic carbocycles. The van der Waals surface area contributed by atoms with Gasteiger partial charge in [0.05, 0.1) is 7.11 Å². The Hall–Kier alpha value is -2.33. The van der Waals surface area contributed by atoms with Gasteiger partial charge in [-0.1, -0.05) is 30.3 Å². The molecule has 0 radical (unpaired) electrons. The molecule has 4 nitrogen and oxygen atoms in total. The average Bonchev–Trinajstić information content (AvgIpc) is 2.60. The lowest BCUT2D eigenvalue weighted by Crippen LogP contribution is -2.38. The lowest BCUT2D eigenvalue weighted by molar-refractivity contribution is -0.127. The summed E-state index contributed by atoms with van der Waals surface area (Å²) in [5.41, 5.74) is 2.60. The van der Waals surface area contributed by atoms with E-state index in [1.165, 1.54) is 0 Å². The third-order valence-corrected chi connectivity index (χ3v) is 4.02. The van der Waals surface area contributed by atoms with E-state index in [0.717, 1.165) is 24.1 Å². The van der Waals surface area contributed by atoms with Gasteiger partial charge in [0.15, 0.2) is 6.10 Å². The smallest absolute Gasteiger partial charge is 0.260 e. The van der Waals surface area contributed by atoms with E-state index in [-0.39, 0.29) is 5.91 Å². The van der Waals surface area contributed by atoms with E-state index in [1.807, 2.05) is 24.3 Å². The van der Waals surface area contributed by atoms with Gasteiger partial charge in [-0.2, -0.15) is 0 Å². The van der Waals surface area contributed by atoms with E-state index in [0.29, 0.717) is 17.9 Å². The highest BCUT2D eigenvalue weighted by Gasteiger charge is 2.28. The van der Waals surface area contributed by atoms with Crippen molar-refractivity contribution in [2.75, 3.05) is 18.6 Å². The fourth-order valence-electron chi connectivity index (χ4n) is 2.86. The Labute approximate surface area is 130 Å². The molecule has 114 valence electrons. The van der Waals surface area contributed by atoms with Crippen molar-refractivity contribution in [3.05, 3.63) is 59.7 Å². The number of para-hydroxylation sites is 1. The zero-order valence-electron chi connectivity index (χ0n) is 12.5. The molecule has 2 aromatic rings. The Morgan fingerprint density at radius 3 is 2.86 bits per heavy atom. The van der Waals surface area contributed by atoms with Crippen molar-refractivity contribution in [3.8, 4) is 5.75 Å².